The number of unbranched alkanes of at least 4 members (excludes halogenated alkanes) is 6. The van der Waals surface area contributed by atoms with Gasteiger partial charge >= 0.3 is 0 Å². The Labute approximate surface area is 206 Å². The fourth-order valence-corrected chi connectivity index (χ4v) is 4.80. The van der Waals surface area contributed by atoms with E-state index in [1.165, 1.54) is 19.3 Å². The summed E-state index contributed by atoms with van der Waals surface area (Å²) < 4.78 is 56.8. The third-order valence-electron chi connectivity index (χ3n) is 5.09. The van der Waals surface area contributed by atoms with Crippen LogP contribution < -0.4 is 0 Å². The summed E-state index contributed by atoms with van der Waals surface area (Å²) in [6, 6.07) is 13.4. The van der Waals surface area contributed by atoms with E-state index < -0.39 is 20.2 Å². The van der Waals surface area contributed by atoms with E-state index in [1.54, 1.807) is 48.5 Å². The van der Waals surface area contributed by atoms with Crippen LogP contribution in [0, 0.1) is 13.8 Å². The molecule has 2 aromatic rings. The number of hydrogen-bond acceptors (Lipinski definition) is 6. The second-order valence-corrected chi connectivity index (χ2v) is 11.5. The molecule has 8 heteroatoms. The second kappa shape index (κ2) is 16.0. The summed E-state index contributed by atoms with van der Waals surface area (Å²) in [7, 11) is -7.12. The largest absolute Gasteiger partial charge is 0.296 e. The lowest BCUT2D eigenvalue weighted by atomic mass is 10.1. The van der Waals surface area contributed by atoms with E-state index in [1.807, 2.05) is 20.8 Å². The molecule has 0 amide bonds. The summed E-state index contributed by atoms with van der Waals surface area (Å²) in [5, 5.41) is 0. The lowest BCUT2D eigenvalue weighted by Crippen LogP contribution is -2.07. The van der Waals surface area contributed by atoms with Crippen molar-refractivity contribution < 1.29 is 25.2 Å². The number of aryl methyl sites for hydroxylation is 2. The molecule has 0 bridgehead atoms. The van der Waals surface area contributed by atoms with Crippen molar-refractivity contribution in [1.29, 1.82) is 0 Å². The molecule has 192 valence electrons. The maximum absolute atomic E-state index is 11.9. The van der Waals surface area contributed by atoms with Crippen molar-refractivity contribution >= 4 is 20.2 Å². The minimum absolute atomic E-state index is 0.226. The van der Waals surface area contributed by atoms with Crippen LogP contribution in [0.5, 0.6) is 0 Å². The van der Waals surface area contributed by atoms with E-state index in [-0.39, 0.29) is 23.0 Å². The van der Waals surface area contributed by atoms with Crippen molar-refractivity contribution in [3.8, 4) is 0 Å². The predicted octanol–water partition coefficient (Wildman–Crippen LogP) is 6.56. The average Bonchev–Trinajstić information content (AvgIpc) is 2.79. The van der Waals surface area contributed by atoms with Crippen LogP contribution in [-0.4, -0.2) is 30.0 Å². The van der Waals surface area contributed by atoms with Crippen molar-refractivity contribution in [3.63, 3.8) is 0 Å². The monoisotopic (exact) mass is 512 g/mol. The van der Waals surface area contributed by atoms with Crippen LogP contribution in [0.2, 0.25) is 0 Å². The molecule has 0 aromatic heterocycles. The highest BCUT2D eigenvalue weighted by Crippen LogP contribution is 2.15. The highest BCUT2D eigenvalue weighted by Gasteiger charge is 2.14. The zero-order valence-corrected chi connectivity index (χ0v) is 22.6. The first-order valence-electron chi connectivity index (χ1n) is 12.0. The van der Waals surface area contributed by atoms with Gasteiger partial charge < -0.3 is 0 Å². The van der Waals surface area contributed by atoms with E-state index in [0.717, 1.165) is 43.2 Å². The van der Waals surface area contributed by atoms with Gasteiger partial charge in [-0.3, -0.25) is 8.37 Å². The molecule has 0 unspecified atom stereocenters. The highest BCUT2D eigenvalue weighted by molar-refractivity contribution is 7.87. The van der Waals surface area contributed by atoms with E-state index in [0.29, 0.717) is 0 Å². The molecule has 0 aliphatic heterocycles. The standard InChI is InChI=1S/C15H24O3S.C11H16O3S/c1-3-4-5-6-7-8-13-18-19(16,17)15-11-9-14(2)10-12-15;1-3-4-9-14-15(12,13)11-7-5-10(2)6-8-11/h9-12H,3-8,13H2,1-2H3;5-8H,3-4,9H2,1-2H3. The zero-order valence-electron chi connectivity index (χ0n) is 21.0. The van der Waals surface area contributed by atoms with Crippen molar-refractivity contribution in [2.24, 2.45) is 0 Å². The van der Waals surface area contributed by atoms with Crippen LogP contribution in [0.3, 0.4) is 0 Å². The molecule has 2 rings (SSSR count). The Morgan fingerprint density at radius 1 is 0.529 bits per heavy atom. The summed E-state index contributed by atoms with van der Waals surface area (Å²) in [6.45, 7) is 8.54. The Bertz CT molecular complexity index is 1010. The lowest BCUT2D eigenvalue weighted by molar-refractivity contribution is 0.306. The average molecular weight is 513 g/mol. The first kappa shape index (κ1) is 30.3. The van der Waals surface area contributed by atoms with Crippen LogP contribution in [0.15, 0.2) is 58.3 Å². The highest BCUT2D eigenvalue weighted by atomic mass is 32.2. The van der Waals surface area contributed by atoms with Crippen LogP contribution in [0.1, 0.15) is 76.3 Å². The zero-order chi connectivity index (χ0) is 25.5. The topological polar surface area (TPSA) is 86.7 Å². The summed E-state index contributed by atoms with van der Waals surface area (Å²) >= 11 is 0. The molecule has 0 spiro atoms. The van der Waals surface area contributed by atoms with Crippen molar-refractivity contribution in [2.45, 2.75) is 88.9 Å². The minimum atomic E-state index is -3.57. The first-order chi connectivity index (χ1) is 16.1. The molecule has 0 fully saturated rings. The molecule has 0 saturated carbocycles. The fraction of sp³-hybridized carbons (Fsp3) is 0.538. The molecular weight excluding hydrogens is 472 g/mol. The number of rotatable bonds is 14. The van der Waals surface area contributed by atoms with Crippen molar-refractivity contribution in [1.82, 2.24) is 0 Å². The van der Waals surface area contributed by atoms with Gasteiger partial charge in [0.1, 0.15) is 0 Å². The van der Waals surface area contributed by atoms with Gasteiger partial charge in [0, 0.05) is 0 Å². The summed E-state index contributed by atoms with van der Waals surface area (Å²) in [4.78, 5) is 0.466. The van der Waals surface area contributed by atoms with Gasteiger partial charge in [0.05, 0.1) is 23.0 Å². The lowest BCUT2D eigenvalue weighted by Gasteiger charge is -2.06. The summed E-state index contributed by atoms with van der Waals surface area (Å²) in [5.41, 5.74) is 2.07. The van der Waals surface area contributed by atoms with Crippen LogP contribution >= 0.6 is 0 Å². The molecular formula is C26H40O6S2. The van der Waals surface area contributed by atoms with Crippen molar-refractivity contribution in [2.75, 3.05) is 13.2 Å². The molecule has 0 aliphatic carbocycles. The molecule has 0 N–H and O–H groups in total. The molecule has 0 aliphatic rings. The Morgan fingerprint density at radius 2 is 0.882 bits per heavy atom. The Morgan fingerprint density at radius 3 is 1.29 bits per heavy atom. The number of hydrogen-bond donors (Lipinski definition) is 0. The van der Waals surface area contributed by atoms with Gasteiger partial charge in [-0.2, -0.15) is 16.8 Å². The molecule has 34 heavy (non-hydrogen) atoms. The molecule has 2 aromatic carbocycles. The summed E-state index contributed by atoms with van der Waals surface area (Å²) in [6.07, 6.45) is 8.36. The number of benzene rings is 2. The van der Waals surface area contributed by atoms with Crippen LogP contribution in [-0.2, 0) is 28.6 Å². The maximum Gasteiger partial charge on any atom is 0.296 e. The van der Waals surface area contributed by atoms with Gasteiger partial charge in [-0.25, -0.2) is 0 Å². The van der Waals surface area contributed by atoms with Gasteiger partial charge in [-0.15, -0.1) is 0 Å². The SMILES string of the molecule is CCCCCCCCOS(=O)(=O)c1ccc(C)cc1.CCCCOS(=O)(=O)c1ccc(C)cc1. The molecule has 0 saturated heterocycles. The van der Waals surface area contributed by atoms with E-state index in [4.69, 9.17) is 8.37 Å². The molecule has 0 radical (unpaired) electrons. The van der Waals surface area contributed by atoms with Gasteiger partial charge in [0.2, 0.25) is 0 Å². The maximum atomic E-state index is 11.9. The van der Waals surface area contributed by atoms with Gasteiger partial charge in [-0.1, -0.05) is 87.8 Å². The van der Waals surface area contributed by atoms with Crippen LogP contribution in [0.4, 0.5) is 0 Å². The van der Waals surface area contributed by atoms with E-state index in [9.17, 15) is 16.8 Å². The normalized spacial score (nSPS) is 11.6. The summed E-state index contributed by atoms with van der Waals surface area (Å²) in [5.74, 6) is 0. The minimum Gasteiger partial charge on any atom is -0.266 e. The Kier molecular flexibility index (Phi) is 14.3. The third kappa shape index (κ3) is 12.1. The molecule has 6 nitrogen and oxygen atoms in total. The fourth-order valence-electron chi connectivity index (χ4n) is 2.91. The predicted molar refractivity (Wildman–Crippen MR) is 137 cm³/mol. The quantitative estimate of drug-likeness (QED) is 0.210. The Hall–Kier alpha value is -1.74. The Balaban J connectivity index is 0.000000350. The van der Waals surface area contributed by atoms with Gasteiger partial charge in [-0.05, 0) is 51.0 Å². The molecule has 0 heterocycles. The van der Waals surface area contributed by atoms with Crippen molar-refractivity contribution in [3.05, 3.63) is 59.7 Å². The van der Waals surface area contributed by atoms with Gasteiger partial charge in [0.15, 0.2) is 0 Å². The first-order valence-corrected chi connectivity index (χ1v) is 14.9. The molecule has 0 atom stereocenters. The van der Waals surface area contributed by atoms with E-state index in [2.05, 4.69) is 6.92 Å². The third-order valence-corrected chi connectivity index (χ3v) is 7.75. The van der Waals surface area contributed by atoms with E-state index >= 15 is 0 Å². The smallest absolute Gasteiger partial charge is 0.266 e. The van der Waals surface area contributed by atoms with Crippen LogP contribution in [0.25, 0.3) is 0 Å². The van der Waals surface area contributed by atoms with Gasteiger partial charge in [0.25, 0.3) is 20.2 Å². The second-order valence-electron chi connectivity index (χ2n) is 8.30.